The van der Waals surface area contributed by atoms with E-state index in [1.165, 1.54) is 14.2 Å². The predicted octanol–water partition coefficient (Wildman–Crippen LogP) is 2.72. The van der Waals surface area contributed by atoms with Gasteiger partial charge in [-0.25, -0.2) is 9.69 Å². The summed E-state index contributed by atoms with van der Waals surface area (Å²) in [5.41, 5.74) is 6.56. The van der Waals surface area contributed by atoms with Gasteiger partial charge in [-0.3, -0.25) is 9.36 Å². The summed E-state index contributed by atoms with van der Waals surface area (Å²) in [7, 11) is -1.30. The van der Waals surface area contributed by atoms with E-state index in [0.29, 0.717) is 17.7 Å². The van der Waals surface area contributed by atoms with Gasteiger partial charge in [0.25, 0.3) is 0 Å². The Morgan fingerprint density at radius 2 is 1.80 bits per heavy atom. The average molecular weight is 372 g/mol. The second kappa shape index (κ2) is 10.3. The Morgan fingerprint density at radius 3 is 2.32 bits per heavy atom. The second-order valence-corrected chi connectivity index (χ2v) is 7.55. The topological polar surface area (TPSA) is 108 Å². The third kappa shape index (κ3) is 6.59. The Balaban J connectivity index is 2.90. The minimum absolute atomic E-state index is 0.0310. The molecule has 0 radical (unpaired) electrons. The van der Waals surface area contributed by atoms with Crippen LogP contribution in [0.2, 0.25) is 0 Å². The summed E-state index contributed by atoms with van der Waals surface area (Å²) in [4.78, 5) is 25.5. The number of amides is 2. The first-order chi connectivity index (χ1) is 11.9. The van der Waals surface area contributed by atoms with Gasteiger partial charge in [0.2, 0.25) is 5.91 Å². The molecule has 0 unspecified atom stereocenters. The molecule has 0 aliphatic carbocycles. The molecule has 0 spiro atoms. The van der Waals surface area contributed by atoms with E-state index < -0.39 is 31.9 Å². The van der Waals surface area contributed by atoms with E-state index in [1.807, 2.05) is 13.0 Å². The van der Waals surface area contributed by atoms with Crippen LogP contribution in [0.15, 0.2) is 30.3 Å². The van der Waals surface area contributed by atoms with Crippen LogP contribution >= 0.6 is 7.60 Å². The number of carbonyl (C=O) groups excluding carboxylic acids is 2. The zero-order valence-corrected chi connectivity index (χ0v) is 15.6. The van der Waals surface area contributed by atoms with Crippen LogP contribution in [0.25, 0.3) is 0 Å². The van der Waals surface area contributed by atoms with Gasteiger partial charge >= 0.3 is 13.7 Å². The van der Waals surface area contributed by atoms with Gasteiger partial charge in [-0.05, 0) is 12.0 Å². The first-order valence-corrected chi connectivity index (χ1v) is 9.57. The molecule has 1 rings (SSSR count). The van der Waals surface area contributed by atoms with Gasteiger partial charge in [0.15, 0.2) is 0 Å². The molecule has 1 aromatic rings. The minimum atomic E-state index is -3.65. The lowest BCUT2D eigenvalue weighted by molar-refractivity contribution is -0.130. The zero-order valence-electron chi connectivity index (χ0n) is 14.7. The number of benzene rings is 1. The number of imide groups is 1. The summed E-state index contributed by atoms with van der Waals surface area (Å²) in [6, 6.07) is 8.07. The molecule has 0 heterocycles. The molecule has 0 aromatic heterocycles. The van der Waals surface area contributed by atoms with Crippen LogP contribution in [0.3, 0.4) is 0 Å². The number of ether oxygens (including phenoxy) is 1. The van der Waals surface area contributed by atoms with Crippen molar-refractivity contribution in [3.8, 4) is 0 Å². The number of carbonyl (C=O) groups is 2. The summed E-state index contributed by atoms with van der Waals surface area (Å²) in [5, 5.41) is 0. The molecule has 0 aliphatic heterocycles. The normalized spacial score (nSPS) is 12.5. The fraction of sp³-hybridized carbons (Fsp3) is 0.500. The summed E-state index contributed by atoms with van der Waals surface area (Å²) >= 11 is 0. The van der Waals surface area contributed by atoms with E-state index in [-0.39, 0.29) is 6.61 Å². The highest BCUT2D eigenvalue weighted by molar-refractivity contribution is 7.53. The molecule has 0 saturated carbocycles. The van der Waals surface area contributed by atoms with Crippen LogP contribution in [0.1, 0.15) is 25.3 Å². The van der Waals surface area contributed by atoms with Gasteiger partial charge in [-0.2, -0.15) is 0 Å². The molecule has 2 N–H and O–H groups in total. The van der Waals surface area contributed by atoms with Crippen molar-refractivity contribution in [2.45, 2.75) is 32.4 Å². The van der Waals surface area contributed by atoms with Crippen molar-refractivity contribution < 1.29 is 27.9 Å². The third-order valence-corrected chi connectivity index (χ3v) is 5.22. The largest absolute Gasteiger partial charge is 0.444 e. The number of hydrogen-bond acceptors (Lipinski definition) is 7. The molecule has 2 amide bonds. The molecule has 9 heteroatoms. The molecule has 0 saturated heterocycles. The van der Waals surface area contributed by atoms with Crippen LogP contribution in [0.5, 0.6) is 0 Å². The van der Waals surface area contributed by atoms with Crippen LogP contribution in [0, 0.1) is 0 Å². The Labute approximate surface area is 147 Å². The summed E-state index contributed by atoms with van der Waals surface area (Å²) in [5.74, 6) is -0.686. The number of nitrogens with zero attached hydrogens (tertiary/aromatic N) is 1. The molecular weight excluding hydrogens is 347 g/mol. The Kier molecular flexibility index (Phi) is 8.78. The average Bonchev–Trinajstić information content (AvgIpc) is 2.64. The van der Waals surface area contributed by atoms with Gasteiger partial charge in [0.1, 0.15) is 12.9 Å². The highest BCUT2D eigenvalue weighted by Gasteiger charge is 2.35. The predicted molar refractivity (Wildman–Crippen MR) is 92.8 cm³/mol. The maximum atomic E-state index is 12.5. The molecule has 25 heavy (non-hydrogen) atoms. The Bertz CT molecular complexity index is 602. The summed E-state index contributed by atoms with van der Waals surface area (Å²) < 4.78 is 27.1. The van der Waals surface area contributed by atoms with Gasteiger partial charge in [0.05, 0.1) is 6.04 Å². The maximum absolute atomic E-state index is 12.5. The van der Waals surface area contributed by atoms with Crippen LogP contribution in [-0.2, 0) is 29.8 Å². The van der Waals surface area contributed by atoms with E-state index in [1.54, 1.807) is 24.3 Å². The Hall–Kier alpha value is -1.73. The van der Waals surface area contributed by atoms with Crippen molar-refractivity contribution in [1.29, 1.82) is 0 Å². The minimum Gasteiger partial charge on any atom is -0.444 e. The number of hydrogen-bond donors (Lipinski definition) is 1. The fourth-order valence-electron chi connectivity index (χ4n) is 2.01. The zero-order chi connectivity index (χ0) is 18.9. The summed E-state index contributed by atoms with van der Waals surface area (Å²) in [6.07, 6.45) is -0.476. The number of rotatable bonds is 9. The Morgan fingerprint density at radius 1 is 1.20 bits per heavy atom. The van der Waals surface area contributed by atoms with Gasteiger partial charge in [-0.15, -0.1) is 0 Å². The first kappa shape index (κ1) is 21.3. The van der Waals surface area contributed by atoms with E-state index in [4.69, 9.17) is 19.5 Å². The van der Waals surface area contributed by atoms with Gasteiger partial charge < -0.3 is 19.5 Å². The van der Waals surface area contributed by atoms with E-state index >= 15 is 0 Å². The van der Waals surface area contributed by atoms with Gasteiger partial charge in [0, 0.05) is 14.2 Å². The molecule has 0 fully saturated rings. The SMILES string of the molecule is CCC[C@H](N)C(=O)N(CP(=O)(OC)OC)C(=O)OCc1ccccc1. The smallest absolute Gasteiger partial charge is 0.417 e. The first-order valence-electron chi connectivity index (χ1n) is 7.85. The number of nitrogens with two attached hydrogens (primary N) is 1. The van der Waals surface area contributed by atoms with Crippen molar-refractivity contribution in [3.05, 3.63) is 35.9 Å². The van der Waals surface area contributed by atoms with Crippen molar-refractivity contribution in [1.82, 2.24) is 4.90 Å². The highest BCUT2D eigenvalue weighted by Crippen LogP contribution is 2.47. The molecule has 0 bridgehead atoms. The standard InChI is InChI=1S/C16H25N2O6P/c1-4-8-14(17)15(19)18(12-25(21,22-2)23-3)16(20)24-11-13-9-6-5-7-10-13/h5-7,9-10,14H,4,8,11-12,17H2,1-3H3/t14-/m0/s1. The van der Waals surface area contributed by atoms with E-state index in [0.717, 1.165) is 5.56 Å². The van der Waals surface area contributed by atoms with Crippen LogP contribution < -0.4 is 5.73 Å². The molecule has 1 atom stereocenters. The third-order valence-electron chi connectivity index (χ3n) is 3.48. The lowest BCUT2D eigenvalue weighted by Crippen LogP contribution is -2.47. The quantitative estimate of drug-likeness (QED) is 0.664. The monoisotopic (exact) mass is 372 g/mol. The van der Waals surface area contributed by atoms with Crippen LogP contribution in [0.4, 0.5) is 4.79 Å². The van der Waals surface area contributed by atoms with Crippen molar-refractivity contribution in [2.24, 2.45) is 5.73 Å². The lowest BCUT2D eigenvalue weighted by Gasteiger charge is -2.25. The summed E-state index contributed by atoms with van der Waals surface area (Å²) in [6.45, 7) is 1.83. The van der Waals surface area contributed by atoms with Crippen molar-refractivity contribution in [2.75, 3.05) is 20.5 Å². The maximum Gasteiger partial charge on any atom is 0.417 e. The second-order valence-electron chi connectivity index (χ2n) is 5.32. The molecule has 1 aromatic carbocycles. The lowest BCUT2D eigenvalue weighted by atomic mass is 10.1. The van der Waals surface area contributed by atoms with E-state index in [9.17, 15) is 14.2 Å². The van der Waals surface area contributed by atoms with Crippen LogP contribution in [-0.4, -0.2) is 43.4 Å². The van der Waals surface area contributed by atoms with Crippen molar-refractivity contribution >= 4 is 19.6 Å². The molecule has 8 nitrogen and oxygen atoms in total. The van der Waals surface area contributed by atoms with Crippen molar-refractivity contribution in [3.63, 3.8) is 0 Å². The molecule has 140 valence electrons. The molecular formula is C16H25N2O6P. The molecule has 0 aliphatic rings. The van der Waals surface area contributed by atoms with Gasteiger partial charge in [-0.1, -0.05) is 43.7 Å². The van der Waals surface area contributed by atoms with E-state index in [2.05, 4.69) is 0 Å². The highest BCUT2D eigenvalue weighted by atomic mass is 31.2. The fourth-order valence-corrected chi connectivity index (χ4v) is 2.99.